The summed E-state index contributed by atoms with van der Waals surface area (Å²) in [6, 6.07) is 21.8. The smallest absolute Gasteiger partial charge is 0.408 e. The summed E-state index contributed by atoms with van der Waals surface area (Å²) in [5.41, 5.74) is 2.62. The van der Waals surface area contributed by atoms with Crippen LogP contribution in [-0.2, 0) is 16.1 Å². The summed E-state index contributed by atoms with van der Waals surface area (Å²) in [6.07, 6.45) is 1.66. The van der Waals surface area contributed by atoms with Crippen LogP contribution in [-0.4, -0.2) is 53.0 Å². The molecule has 2 heterocycles. The summed E-state index contributed by atoms with van der Waals surface area (Å²) in [7, 11) is 0. The highest BCUT2D eigenvalue weighted by atomic mass is 16.5. The molecule has 1 aromatic heterocycles. The van der Waals surface area contributed by atoms with Crippen LogP contribution < -0.4 is 10.6 Å². The number of carbonyl (C=O) groups excluding carboxylic acids is 3. The van der Waals surface area contributed by atoms with Gasteiger partial charge in [-0.1, -0.05) is 87.5 Å². The van der Waals surface area contributed by atoms with E-state index in [4.69, 9.17) is 4.74 Å². The second kappa shape index (κ2) is 11.9. The van der Waals surface area contributed by atoms with Gasteiger partial charge in [0, 0.05) is 30.9 Å². The Morgan fingerprint density at radius 3 is 2.29 bits per heavy atom. The maximum absolute atomic E-state index is 13.4. The van der Waals surface area contributed by atoms with Crippen LogP contribution in [0.2, 0.25) is 0 Å². The number of benzene rings is 2. The van der Waals surface area contributed by atoms with E-state index in [0.717, 1.165) is 16.7 Å². The number of carbonyl (C=O) groups is 3. The Bertz CT molecular complexity index is 1240. The van der Waals surface area contributed by atoms with Crippen LogP contribution in [0.4, 0.5) is 4.79 Å². The van der Waals surface area contributed by atoms with E-state index in [1.54, 1.807) is 17.2 Å². The summed E-state index contributed by atoms with van der Waals surface area (Å²) in [6.45, 7) is 6.65. The first-order chi connectivity index (χ1) is 18.2. The first-order valence-corrected chi connectivity index (χ1v) is 12.8. The Kier molecular flexibility index (Phi) is 8.41. The van der Waals surface area contributed by atoms with Crippen molar-refractivity contribution in [3.8, 4) is 11.1 Å². The minimum atomic E-state index is -0.771. The van der Waals surface area contributed by atoms with Gasteiger partial charge in [0.15, 0.2) is 0 Å². The highest BCUT2D eigenvalue weighted by molar-refractivity contribution is 5.93. The Balaban J connectivity index is 1.31. The second-order valence-electron chi connectivity index (χ2n) is 10.5. The predicted octanol–water partition coefficient (Wildman–Crippen LogP) is 4.42. The molecule has 0 spiro atoms. The van der Waals surface area contributed by atoms with Crippen LogP contribution in [0.5, 0.6) is 0 Å². The molecular formula is C30H34N4O4. The van der Waals surface area contributed by atoms with E-state index in [-0.39, 0.29) is 24.5 Å². The third-order valence-electron chi connectivity index (χ3n) is 6.53. The minimum absolute atomic E-state index is 0.121. The van der Waals surface area contributed by atoms with Gasteiger partial charge in [-0.2, -0.15) is 0 Å². The summed E-state index contributed by atoms with van der Waals surface area (Å²) < 4.78 is 5.34. The van der Waals surface area contributed by atoms with Gasteiger partial charge in [-0.25, -0.2) is 4.79 Å². The van der Waals surface area contributed by atoms with E-state index < -0.39 is 17.6 Å². The van der Waals surface area contributed by atoms with Crippen molar-refractivity contribution in [2.75, 3.05) is 13.1 Å². The molecular weight excluding hydrogens is 480 g/mol. The SMILES string of the molecule is CC(C)(C)C(NC(=O)OCc1ccccc1)C(=O)N1CCC(NC(=O)c2ccc(-c3ccccc3)cn2)C1. The largest absolute Gasteiger partial charge is 0.445 e. The van der Waals surface area contributed by atoms with Crippen molar-refractivity contribution < 1.29 is 19.1 Å². The molecule has 198 valence electrons. The molecule has 2 unspecified atom stereocenters. The maximum Gasteiger partial charge on any atom is 0.408 e. The van der Waals surface area contributed by atoms with Crippen LogP contribution in [0.25, 0.3) is 11.1 Å². The Morgan fingerprint density at radius 2 is 1.66 bits per heavy atom. The fraction of sp³-hybridized carbons (Fsp3) is 0.333. The minimum Gasteiger partial charge on any atom is -0.445 e. The number of likely N-dealkylation sites (tertiary alicyclic amines) is 1. The molecule has 3 aromatic rings. The molecule has 1 aliphatic heterocycles. The molecule has 1 fully saturated rings. The number of amides is 3. The average molecular weight is 515 g/mol. The summed E-state index contributed by atoms with van der Waals surface area (Å²) in [4.78, 5) is 44.7. The zero-order valence-electron chi connectivity index (χ0n) is 22.0. The number of nitrogens with one attached hydrogen (secondary N) is 2. The van der Waals surface area contributed by atoms with E-state index >= 15 is 0 Å². The molecule has 0 saturated carbocycles. The van der Waals surface area contributed by atoms with Gasteiger partial charge in [-0.15, -0.1) is 0 Å². The lowest BCUT2D eigenvalue weighted by Crippen LogP contribution is -2.54. The van der Waals surface area contributed by atoms with Crippen LogP contribution >= 0.6 is 0 Å². The molecule has 0 radical (unpaired) electrons. The van der Waals surface area contributed by atoms with Crippen molar-refractivity contribution in [1.82, 2.24) is 20.5 Å². The van der Waals surface area contributed by atoms with Gasteiger partial charge < -0.3 is 20.3 Å². The average Bonchev–Trinajstić information content (AvgIpc) is 3.39. The first kappa shape index (κ1) is 26.9. The second-order valence-corrected chi connectivity index (χ2v) is 10.5. The number of nitrogens with zero attached hydrogens (tertiary/aromatic N) is 2. The highest BCUT2D eigenvalue weighted by Crippen LogP contribution is 2.24. The highest BCUT2D eigenvalue weighted by Gasteiger charge is 2.39. The lowest BCUT2D eigenvalue weighted by molar-refractivity contribution is -0.135. The standard InChI is InChI=1S/C30H34N4O4/c1-30(2,3)26(33-29(37)38-20-21-10-6-4-7-11-21)28(36)34-17-16-24(19-34)32-27(35)25-15-14-23(18-31-25)22-12-8-5-9-13-22/h4-15,18,24,26H,16-17,19-20H2,1-3H3,(H,32,35)(H,33,37). The quantitative estimate of drug-likeness (QED) is 0.486. The first-order valence-electron chi connectivity index (χ1n) is 12.8. The van der Waals surface area contributed by atoms with Crippen molar-refractivity contribution in [3.63, 3.8) is 0 Å². The van der Waals surface area contributed by atoms with Crippen molar-refractivity contribution in [3.05, 3.63) is 90.3 Å². The number of pyridine rings is 1. The molecule has 8 heteroatoms. The third kappa shape index (κ3) is 6.97. The maximum atomic E-state index is 13.4. The zero-order chi connectivity index (χ0) is 27.1. The van der Waals surface area contributed by atoms with Gasteiger partial charge in [0.25, 0.3) is 5.91 Å². The number of hydrogen-bond donors (Lipinski definition) is 2. The number of alkyl carbamates (subject to hydrolysis) is 1. The molecule has 0 bridgehead atoms. The molecule has 2 aromatic carbocycles. The molecule has 8 nitrogen and oxygen atoms in total. The van der Waals surface area contributed by atoms with Gasteiger partial charge in [0.2, 0.25) is 5.91 Å². The normalized spacial score (nSPS) is 16.0. The van der Waals surface area contributed by atoms with E-state index in [9.17, 15) is 14.4 Å². The predicted molar refractivity (Wildman–Crippen MR) is 145 cm³/mol. The lowest BCUT2D eigenvalue weighted by Gasteiger charge is -2.33. The monoisotopic (exact) mass is 514 g/mol. The molecule has 4 rings (SSSR count). The molecule has 3 amide bonds. The zero-order valence-corrected chi connectivity index (χ0v) is 22.0. The molecule has 2 atom stereocenters. The third-order valence-corrected chi connectivity index (χ3v) is 6.53. The summed E-state index contributed by atoms with van der Waals surface area (Å²) in [5, 5.41) is 5.74. The van der Waals surface area contributed by atoms with E-state index in [1.807, 2.05) is 87.5 Å². The number of rotatable bonds is 7. The fourth-order valence-corrected chi connectivity index (χ4v) is 4.38. The van der Waals surface area contributed by atoms with Crippen molar-refractivity contribution in [2.45, 2.75) is 45.9 Å². The lowest BCUT2D eigenvalue weighted by atomic mass is 9.86. The van der Waals surface area contributed by atoms with Gasteiger partial charge in [-0.3, -0.25) is 14.6 Å². The Labute approximate surface area is 223 Å². The van der Waals surface area contributed by atoms with E-state index in [2.05, 4.69) is 15.6 Å². The number of aromatic nitrogens is 1. The van der Waals surface area contributed by atoms with Gasteiger partial charge in [0.05, 0.1) is 0 Å². The van der Waals surface area contributed by atoms with E-state index in [1.165, 1.54) is 0 Å². The summed E-state index contributed by atoms with van der Waals surface area (Å²) >= 11 is 0. The van der Waals surface area contributed by atoms with Crippen molar-refractivity contribution >= 4 is 17.9 Å². The van der Waals surface area contributed by atoms with Gasteiger partial charge in [-0.05, 0) is 29.0 Å². The number of ether oxygens (including phenoxy) is 1. The van der Waals surface area contributed by atoms with Crippen LogP contribution in [0.3, 0.4) is 0 Å². The van der Waals surface area contributed by atoms with E-state index in [0.29, 0.717) is 25.2 Å². The molecule has 38 heavy (non-hydrogen) atoms. The molecule has 1 aliphatic rings. The topological polar surface area (TPSA) is 101 Å². The molecule has 2 N–H and O–H groups in total. The molecule has 1 saturated heterocycles. The van der Waals surface area contributed by atoms with Gasteiger partial charge in [0.1, 0.15) is 18.3 Å². The van der Waals surface area contributed by atoms with Crippen LogP contribution in [0.15, 0.2) is 79.0 Å². The Morgan fingerprint density at radius 1 is 0.974 bits per heavy atom. The van der Waals surface area contributed by atoms with Crippen LogP contribution in [0.1, 0.15) is 43.2 Å². The van der Waals surface area contributed by atoms with Crippen LogP contribution in [0, 0.1) is 5.41 Å². The molecule has 0 aliphatic carbocycles. The van der Waals surface area contributed by atoms with Gasteiger partial charge >= 0.3 is 6.09 Å². The van der Waals surface area contributed by atoms with Crippen molar-refractivity contribution in [1.29, 1.82) is 0 Å². The number of hydrogen-bond acceptors (Lipinski definition) is 5. The Hall–Kier alpha value is -4.20. The fourth-order valence-electron chi connectivity index (χ4n) is 4.38. The van der Waals surface area contributed by atoms with Crippen molar-refractivity contribution in [2.24, 2.45) is 5.41 Å². The summed E-state index contributed by atoms with van der Waals surface area (Å²) in [5.74, 6) is -0.477.